The van der Waals surface area contributed by atoms with E-state index in [2.05, 4.69) is 26.0 Å². The van der Waals surface area contributed by atoms with Crippen LogP contribution in [0.15, 0.2) is 12.1 Å². The third kappa shape index (κ3) is 1.97. The van der Waals surface area contributed by atoms with Gasteiger partial charge in [-0.15, -0.1) is 0 Å². The van der Waals surface area contributed by atoms with Gasteiger partial charge in [0.05, 0.1) is 7.11 Å². The standard InChI is InChI=1S/C14H18O2/c1-9(2)11-6-10-4-5-12(15)8-13(10)14(7-11)16-3/h6-7,9H,4-5,8H2,1-3H3. The first-order valence-electron chi connectivity index (χ1n) is 5.83. The van der Waals surface area contributed by atoms with Crippen LogP contribution in [0, 0.1) is 0 Å². The van der Waals surface area contributed by atoms with E-state index >= 15 is 0 Å². The lowest BCUT2D eigenvalue weighted by molar-refractivity contribution is -0.118. The first-order chi connectivity index (χ1) is 7.61. The fourth-order valence-corrected chi connectivity index (χ4v) is 2.23. The van der Waals surface area contributed by atoms with Crippen LogP contribution in [0.25, 0.3) is 0 Å². The average molecular weight is 218 g/mol. The minimum atomic E-state index is 0.322. The van der Waals surface area contributed by atoms with Gasteiger partial charge in [0, 0.05) is 18.4 Å². The summed E-state index contributed by atoms with van der Waals surface area (Å²) in [5.74, 6) is 1.70. The molecule has 0 spiro atoms. The molecular formula is C14H18O2. The van der Waals surface area contributed by atoms with E-state index in [9.17, 15) is 4.79 Å². The molecule has 1 aromatic rings. The summed E-state index contributed by atoms with van der Waals surface area (Å²) < 4.78 is 5.40. The number of aryl methyl sites for hydroxylation is 1. The van der Waals surface area contributed by atoms with Gasteiger partial charge in [0.25, 0.3) is 0 Å². The summed E-state index contributed by atoms with van der Waals surface area (Å²) in [6.45, 7) is 4.35. The van der Waals surface area contributed by atoms with Crippen LogP contribution in [0.5, 0.6) is 5.75 Å². The summed E-state index contributed by atoms with van der Waals surface area (Å²) >= 11 is 0. The van der Waals surface area contributed by atoms with Crippen LogP contribution >= 0.6 is 0 Å². The van der Waals surface area contributed by atoms with E-state index in [0.29, 0.717) is 24.5 Å². The van der Waals surface area contributed by atoms with Crippen molar-refractivity contribution in [3.05, 3.63) is 28.8 Å². The highest BCUT2D eigenvalue weighted by Gasteiger charge is 2.20. The maximum absolute atomic E-state index is 11.5. The molecule has 0 atom stereocenters. The zero-order valence-electron chi connectivity index (χ0n) is 10.2. The van der Waals surface area contributed by atoms with Crippen LogP contribution < -0.4 is 4.74 Å². The molecule has 0 heterocycles. The van der Waals surface area contributed by atoms with E-state index in [1.807, 2.05) is 0 Å². The molecule has 0 radical (unpaired) electrons. The molecule has 0 aromatic heterocycles. The van der Waals surface area contributed by atoms with Crippen LogP contribution in [0.4, 0.5) is 0 Å². The number of carbonyl (C=O) groups excluding carboxylic acids is 1. The van der Waals surface area contributed by atoms with Gasteiger partial charge in [-0.3, -0.25) is 4.79 Å². The molecule has 0 bridgehead atoms. The fraction of sp³-hybridized carbons (Fsp3) is 0.500. The Kier molecular flexibility index (Phi) is 2.99. The molecule has 0 amide bonds. The summed E-state index contributed by atoms with van der Waals surface area (Å²) in [6.07, 6.45) is 2.08. The first-order valence-corrected chi connectivity index (χ1v) is 5.83. The van der Waals surface area contributed by atoms with Gasteiger partial charge in [-0.25, -0.2) is 0 Å². The molecule has 16 heavy (non-hydrogen) atoms. The number of hydrogen-bond acceptors (Lipinski definition) is 2. The summed E-state index contributed by atoms with van der Waals surface area (Å²) in [4.78, 5) is 11.5. The van der Waals surface area contributed by atoms with Gasteiger partial charge in [-0.1, -0.05) is 19.9 Å². The highest BCUT2D eigenvalue weighted by Crippen LogP contribution is 2.32. The van der Waals surface area contributed by atoms with Gasteiger partial charge in [0.15, 0.2) is 0 Å². The van der Waals surface area contributed by atoms with Gasteiger partial charge < -0.3 is 4.74 Å². The largest absolute Gasteiger partial charge is 0.496 e. The van der Waals surface area contributed by atoms with E-state index < -0.39 is 0 Å². The molecule has 2 nitrogen and oxygen atoms in total. The number of ether oxygens (including phenoxy) is 1. The van der Waals surface area contributed by atoms with Crippen LogP contribution in [0.3, 0.4) is 0 Å². The molecule has 2 heteroatoms. The average Bonchev–Trinajstić information content (AvgIpc) is 2.27. The zero-order valence-corrected chi connectivity index (χ0v) is 10.2. The van der Waals surface area contributed by atoms with Crippen molar-refractivity contribution >= 4 is 5.78 Å². The second-order valence-electron chi connectivity index (χ2n) is 4.73. The number of ketones is 1. The predicted octanol–water partition coefficient (Wildman–Crippen LogP) is 2.88. The predicted molar refractivity (Wildman–Crippen MR) is 64.1 cm³/mol. The summed E-state index contributed by atoms with van der Waals surface area (Å²) in [5, 5.41) is 0. The molecule has 1 aromatic carbocycles. The van der Waals surface area contributed by atoms with E-state index in [-0.39, 0.29) is 0 Å². The lowest BCUT2D eigenvalue weighted by Crippen LogP contribution is -2.15. The Labute approximate surface area is 96.6 Å². The topological polar surface area (TPSA) is 26.3 Å². The molecule has 0 aliphatic heterocycles. The van der Waals surface area contributed by atoms with Gasteiger partial charge in [0.2, 0.25) is 0 Å². The number of methoxy groups -OCH3 is 1. The minimum Gasteiger partial charge on any atom is -0.496 e. The smallest absolute Gasteiger partial charge is 0.137 e. The fourth-order valence-electron chi connectivity index (χ4n) is 2.23. The monoisotopic (exact) mass is 218 g/mol. The van der Waals surface area contributed by atoms with Crippen molar-refractivity contribution in [1.29, 1.82) is 0 Å². The number of rotatable bonds is 2. The molecule has 1 aliphatic rings. The number of carbonyl (C=O) groups is 1. The molecule has 0 unspecified atom stereocenters. The summed E-state index contributed by atoms with van der Waals surface area (Å²) in [6, 6.07) is 4.30. The van der Waals surface area contributed by atoms with E-state index in [1.165, 1.54) is 11.1 Å². The molecule has 0 fully saturated rings. The van der Waals surface area contributed by atoms with E-state index in [1.54, 1.807) is 7.11 Å². The quantitative estimate of drug-likeness (QED) is 0.763. The highest BCUT2D eigenvalue weighted by molar-refractivity contribution is 5.84. The number of Topliss-reactive ketones (excluding diaryl/α,β-unsaturated/α-hetero) is 1. The molecular weight excluding hydrogens is 200 g/mol. The van der Waals surface area contributed by atoms with Crippen LogP contribution in [0.2, 0.25) is 0 Å². The Hall–Kier alpha value is -1.31. The highest BCUT2D eigenvalue weighted by atomic mass is 16.5. The molecule has 1 aliphatic carbocycles. The van der Waals surface area contributed by atoms with Crippen molar-refractivity contribution in [2.45, 2.75) is 39.0 Å². The van der Waals surface area contributed by atoms with Gasteiger partial charge in [-0.05, 0) is 29.5 Å². The zero-order chi connectivity index (χ0) is 11.7. The Morgan fingerprint density at radius 1 is 1.25 bits per heavy atom. The number of fused-ring (bicyclic) bond motifs is 1. The second-order valence-corrected chi connectivity index (χ2v) is 4.73. The van der Waals surface area contributed by atoms with Gasteiger partial charge in [0.1, 0.15) is 11.5 Å². The third-order valence-electron chi connectivity index (χ3n) is 3.26. The van der Waals surface area contributed by atoms with E-state index in [4.69, 9.17) is 4.74 Å². The molecule has 0 saturated carbocycles. The SMILES string of the molecule is COc1cc(C(C)C)cc2c1CC(=O)CC2. The summed E-state index contributed by atoms with van der Waals surface area (Å²) in [7, 11) is 1.68. The van der Waals surface area contributed by atoms with Crippen molar-refractivity contribution in [1.82, 2.24) is 0 Å². The molecule has 0 N–H and O–H groups in total. The molecule has 86 valence electrons. The van der Waals surface area contributed by atoms with Gasteiger partial charge >= 0.3 is 0 Å². The van der Waals surface area contributed by atoms with Crippen LogP contribution in [-0.4, -0.2) is 12.9 Å². The van der Waals surface area contributed by atoms with Crippen molar-refractivity contribution in [3.63, 3.8) is 0 Å². The molecule has 2 rings (SSSR count). The van der Waals surface area contributed by atoms with Crippen LogP contribution in [0.1, 0.15) is 42.9 Å². The normalized spacial score (nSPS) is 15.1. The number of hydrogen-bond donors (Lipinski definition) is 0. The molecule has 0 saturated heterocycles. The van der Waals surface area contributed by atoms with Crippen molar-refractivity contribution in [2.75, 3.05) is 7.11 Å². The third-order valence-corrected chi connectivity index (χ3v) is 3.26. The Morgan fingerprint density at radius 2 is 2.00 bits per heavy atom. The number of benzene rings is 1. The van der Waals surface area contributed by atoms with E-state index in [0.717, 1.165) is 17.7 Å². The van der Waals surface area contributed by atoms with Crippen molar-refractivity contribution in [2.24, 2.45) is 0 Å². The Balaban J connectivity index is 2.50. The second kappa shape index (κ2) is 4.28. The Bertz CT molecular complexity index is 402. The lowest BCUT2D eigenvalue weighted by Gasteiger charge is -2.20. The van der Waals surface area contributed by atoms with Crippen molar-refractivity contribution < 1.29 is 9.53 Å². The van der Waals surface area contributed by atoms with Gasteiger partial charge in [-0.2, -0.15) is 0 Å². The lowest BCUT2D eigenvalue weighted by atomic mass is 9.87. The maximum Gasteiger partial charge on any atom is 0.137 e. The maximum atomic E-state index is 11.5. The first kappa shape index (κ1) is 11.2. The Morgan fingerprint density at radius 3 is 2.62 bits per heavy atom. The summed E-state index contributed by atoms with van der Waals surface area (Å²) in [5.41, 5.74) is 3.69. The van der Waals surface area contributed by atoms with Crippen molar-refractivity contribution in [3.8, 4) is 5.75 Å². The van der Waals surface area contributed by atoms with Crippen LogP contribution in [-0.2, 0) is 17.6 Å². The minimum absolute atomic E-state index is 0.322.